The summed E-state index contributed by atoms with van der Waals surface area (Å²) in [4.78, 5) is 27.1. The van der Waals surface area contributed by atoms with Crippen LogP contribution in [0.4, 0.5) is 0 Å². The SMILES string of the molecule is CC1CCC2(C(=O)O)CCC3(C(=O)O)C(=CCC4C5(C)CCC(OC6OC(CO)C(O)C(O)C6OC6OC(CO)C(O)C(O)C6O)C(C)(C)C5CCC43C)C2C1C. The van der Waals surface area contributed by atoms with Gasteiger partial charge in [0.1, 0.15) is 48.8 Å². The van der Waals surface area contributed by atoms with Crippen LogP contribution >= 0.6 is 0 Å². The highest BCUT2D eigenvalue weighted by Gasteiger charge is 2.73. The van der Waals surface area contributed by atoms with Crippen molar-refractivity contribution in [2.75, 3.05) is 13.2 Å². The summed E-state index contributed by atoms with van der Waals surface area (Å²) in [5.41, 5.74) is -2.87. The Kier molecular flexibility index (Phi) is 11.4. The van der Waals surface area contributed by atoms with E-state index in [1.807, 2.05) is 0 Å². The van der Waals surface area contributed by atoms with Gasteiger partial charge in [-0.05, 0) is 104 Å². The molecule has 7 rings (SSSR count). The van der Waals surface area contributed by atoms with Crippen molar-refractivity contribution in [3.63, 3.8) is 0 Å². The maximum atomic E-state index is 14.0. The third-order valence-corrected chi connectivity index (χ3v) is 17.4. The van der Waals surface area contributed by atoms with E-state index >= 15 is 0 Å². The van der Waals surface area contributed by atoms with Crippen molar-refractivity contribution >= 4 is 11.9 Å². The first-order chi connectivity index (χ1) is 26.7. The summed E-state index contributed by atoms with van der Waals surface area (Å²) in [7, 11) is 0. The van der Waals surface area contributed by atoms with Gasteiger partial charge in [-0.2, -0.15) is 0 Å². The van der Waals surface area contributed by atoms with Gasteiger partial charge in [0.05, 0.1) is 30.1 Å². The molecule has 6 fully saturated rings. The molecule has 0 radical (unpaired) electrons. The molecule has 15 heteroatoms. The van der Waals surface area contributed by atoms with Crippen molar-refractivity contribution < 1.29 is 74.5 Å². The van der Waals surface area contributed by atoms with Gasteiger partial charge in [0.25, 0.3) is 0 Å². The first-order valence-electron chi connectivity index (χ1n) is 21.1. The largest absolute Gasteiger partial charge is 0.481 e. The molecule has 0 aromatic rings. The lowest BCUT2D eigenvalue weighted by molar-refractivity contribution is -0.378. The Hall–Kier alpha value is -1.76. The zero-order chi connectivity index (χ0) is 41.8. The summed E-state index contributed by atoms with van der Waals surface area (Å²) in [6.07, 6.45) is -8.81. The van der Waals surface area contributed by atoms with Gasteiger partial charge in [-0.1, -0.05) is 53.2 Å². The van der Waals surface area contributed by atoms with Gasteiger partial charge >= 0.3 is 11.9 Å². The third-order valence-electron chi connectivity index (χ3n) is 17.4. The normalized spacial score (nSPS) is 53.3. The molecule has 15 nitrogen and oxygen atoms in total. The fraction of sp³-hybridized carbons (Fsp3) is 0.905. The van der Waals surface area contributed by atoms with Gasteiger partial charge in [0.15, 0.2) is 12.6 Å². The van der Waals surface area contributed by atoms with Crippen molar-refractivity contribution in [2.24, 2.45) is 56.7 Å². The lowest BCUT2D eigenvalue weighted by atomic mass is 9.33. The molecule has 20 atom stereocenters. The molecule has 4 saturated carbocycles. The highest BCUT2D eigenvalue weighted by atomic mass is 16.8. The number of rotatable bonds is 8. The summed E-state index contributed by atoms with van der Waals surface area (Å²) >= 11 is 0. The number of aliphatic hydroxyl groups excluding tert-OH is 7. The van der Waals surface area contributed by atoms with Crippen LogP contribution in [0.2, 0.25) is 0 Å². The van der Waals surface area contributed by atoms with E-state index in [-0.39, 0.29) is 41.4 Å². The molecular formula is C42H66O15. The van der Waals surface area contributed by atoms with Gasteiger partial charge in [0.2, 0.25) is 0 Å². The van der Waals surface area contributed by atoms with Crippen molar-refractivity contribution in [2.45, 2.75) is 167 Å². The van der Waals surface area contributed by atoms with E-state index in [1.165, 1.54) is 0 Å². The second-order valence-electron chi connectivity index (χ2n) is 20.0. The maximum Gasteiger partial charge on any atom is 0.314 e. The van der Waals surface area contributed by atoms with E-state index < -0.39 is 114 Å². The average molecular weight is 811 g/mol. The van der Waals surface area contributed by atoms with Gasteiger partial charge in [-0.3, -0.25) is 9.59 Å². The van der Waals surface area contributed by atoms with Crippen molar-refractivity contribution in [1.82, 2.24) is 0 Å². The van der Waals surface area contributed by atoms with E-state index in [2.05, 4.69) is 47.6 Å². The van der Waals surface area contributed by atoms with Crippen molar-refractivity contribution in [3.8, 4) is 0 Å². The number of fused-ring (bicyclic) bond motifs is 7. The number of allylic oxidation sites excluding steroid dienone is 1. The van der Waals surface area contributed by atoms with Gasteiger partial charge < -0.3 is 64.9 Å². The van der Waals surface area contributed by atoms with Crippen LogP contribution in [0.5, 0.6) is 0 Å². The topological polar surface area (TPSA) is 253 Å². The predicted octanol–water partition coefficient (Wildman–Crippen LogP) is 1.80. The van der Waals surface area contributed by atoms with Crippen LogP contribution < -0.4 is 0 Å². The molecule has 0 bridgehead atoms. The van der Waals surface area contributed by atoms with Crippen molar-refractivity contribution in [3.05, 3.63) is 11.6 Å². The van der Waals surface area contributed by atoms with Crippen LogP contribution in [0.15, 0.2) is 11.6 Å². The third kappa shape index (κ3) is 6.14. The highest BCUT2D eigenvalue weighted by Crippen LogP contribution is 2.76. The van der Waals surface area contributed by atoms with Crippen LogP contribution in [-0.4, -0.2) is 139 Å². The Morgan fingerprint density at radius 2 is 1.35 bits per heavy atom. The average Bonchev–Trinajstić information content (AvgIpc) is 3.16. The summed E-state index contributed by atoms with van der Waals surface area (Å²) in [5.74, 6) is -1.71. The van der Waals surface area contributed by atoms with Crippen LogP contribution in [0.1, 0.15) is 99.3 Å². The minimum absolute atomic E-state index is 0.0265. The summed E-state index contributed by atoms with van der Waals surface area (Å²) in [6.45, 7) is 11.6. The number of carbonyl (C=O) groups is 2. The number of carboxylic acid groups (broad SMARTS) is 2. The van der Waals surface area contributed by atoms with Crippen molar-refractivity contribution in [1.29, 1.82) is 0 Å². The standard InChI is InChI=1S/C42H66O15/c1-19-9-14-41(36(50)51)15-16-42(37(52)53)21(27(41)20(19)2)7-8-25-39(5)12-11-26(38(3,4)24(39)10-13-40(25,42)6)56-35-33(31(48)29(46)23(18-44)55-35)57-34-32(49)30(47)28(45)22(17-43)54-34/h7,19-20,22-35,43-49H,8-18H2,1-6H3,(H,50,51)(H,52,53). The zero-order valence-electron chi connectivity index (χ0n) is 34.1. The fourth-order valence-electron chi connectivity index (χ4n) is 14.0. The first kappa shape index (κ1) is 43.3. The maximum absolute atomic E-state index is 14.0. The Morgan fingerprint density at radius 1 is 0.719 bits per heavy atom. The van der Waals surface area contributed by atoms with Crippen LogP contribution in [0, 0.1) is 56.7 Å². The molecular weight excluding hydrogens is 744 g/mol. The Morgan fingerprint density at radius 3 is 1.96 bits per heavy atom. The Labute approximate surface area is 334 Å². The molecule has 2 aliphatic heterocycles. The van der Waals surface area contributed by atoms with E-state index in [1.54, 1.807) is 0 Å². The second kappa shape index (κ2) is 15.0. The molecule has 324 valence electrons. The molecule has 0 amide bonds. The molecule has 2 saturated heterocycles. The Bertz CT molecular complexity index is 1570. The number of hydrogen-bond acceptors (Lipinski definition) is 13. The molecule has 5 aliphatic carbocycles. The monoisotopic (exact) mass is 810 g/mol. The van der Waals surface area contributed by atoms with Crippen LogP contribution in [-0.2, 0) is 28.5 Å². The molecule has 0 aromatic carbocycles. The molecule has 2 heterocycles. The molecule has 57 heavy (non-hydrogen) atoms. The number of aliphatic carboxylic acids is 2. The summed E-state index contributed by atoms with van der Waals surface area (Å²) < 4.78 is 24.3. The molecule has 0 aromatic heterocycles. The smallest absolute Gasteiger partial charge is 0.314 e. The Balaban J connectivity index is 1.18. The highest BCUT2D eigenvalue weighted by molar-refractivity contribution is 5.84. The number of ether oxygens (including phenoxy) is 4. The number of carboxylic acids is 2. The van der Waals surface area contributed by atoms with Gasteiger partial charge in [-0.15, -0.1) is 0 Å². The van der Waals surface area contributed by atoms with E-state index in [0.717, 1.165) is 12.0 Å². The quantitative estimate of drug-likeness (QED) is 0.125. The molecule has 9 N–H and O–H groups in total. The second-order valence-corrected chi connectivity index (χ2v) is 20.0. The fourth-order valence-corrected chi connectivity index (χ4v) is 14.0. The predicted molar refractivity (Wildman–Crippen MR) is 200 cm³/mol. The van der Waals surface area contributed by atoms with Crippen LogP contribution in [0.25, 0.3) is 0 Å². The minimum Gasteiger partial charge on any atom is -0.481 e. The minimum atomic E-state index is -1.79. The van der Waals surface area contributed by atoms with E-state index in [9.17, 15) is 55.5 Å². The summed E-state index contributed by atoms with van der Waals surface area (Å²) in [5, 5.41) is 95.6. The lowest BCUT2D eigenvalue weighted by Crippen LogP contribution is -2.68. The number of hydrogen-bond donors (Lipinski definition) is 9. The lowest BCUT2D eigenvalue weighted by Gasteiger charge is -2.70. The van der Waals surface area contributed by atoms with E-state index in [4.69, 9.17) is 18.9 Å². The molecule has 20 unspecified atom stereocenters. The molecule has 0 spiro atoms. The zero-order valence-corrected chi connectivity index (χ0v) is 34.1. The number of aliphatic hydroxyl groups is 7. The molecule has 7 aliphatic rings. The summed E-state index contributed by atoms with van der Waals surface area (Å²) in [6, 6.07) is 0. The van der Waals surface area contributed by atoms with Gasteiger partial charge in [-0.25, -0.2) is 0 Å². The van der Waals surface area contributed by atoms with Gasteiger partial charge in [0, 0.05) is 0 Å². The first-order valence-corrected chi connectivity index (χ1v) is 21.1. The van der Waals surface area contributed by atoms with Crippen LogP contribution in [0.3, 0.4) is 0 Å². The van der Waals surface area contributed by atoms with E-state index in [0.29, 0.717) is 44.9 Å².